The lowest BCUT2D eigenvalue weighted by Crippen LogP contribution is -2.48. The predicted octanol–water partition coefficient (Wildman–Crippen LogP) is 3.21. The minimum Gasteiger partial charge on any atom is -0.486 e. The number of hydrogen-bond donors (Lipinski definition) is 2. The molecule has 5 aliphatic rings. The maximum atomic E-state index is 12.6. The fourth-order valence-corrected chi connectivity index (χ4v) is 6.51. The van der Waals surface area contributed by atoms with E-state index in [1.54, 1.807) is 0 Å². The molecule has 0 aromatic heterocycles. The van der Waals surface area contributed by atoms with Gasteiger partial charge in [0, 0.05) is 13.0 Å². The molecule has 1 atom stereocenters. The zero-order valence-corrected chi connectivity index (χ0v) is 15.8. The van der Waals surface area contributed by atoms with E-state index in [1.165, 1.54) is 38.5 Å². The van der Waals surface area contributed by atoms with Crippen LogP contribution >= 0.6 is 0 Å². The monoisotopic (exact) mass is 371 g/mol. The first-order chi connectivity index (χ1) is 13.1. The van der Waals surface area contributed by atoms with E-state index in [1.807, 2.05) is 18.2 Å². The number of hydrogen-bond acceptors (Lipinski definition) is 4. The van der Waals surface area contributed by atoms with Gasteiger partial charge in [-0.05, 0) is 79.4 Å². The largest absolute Gasteiger partial charge is 0.486 e. The van der Waals surface area contributed by atoms with Crippen LogP contribution in [0.25, 0.3) is 0 Å². The van der Waals surface area contributed by atoms with Crippen LogP contribution in [0.1, 0.15) is 56.6 Å². The van der Waals surface area contributed by atoms with Gasteiger partial charge in [0.1, 0.15) is 13.2 Å². The number of fused-ring (bicyclic) bond motifs is 1. The zero-order valence-electron chi connectivity index (χ0n) is 15.8. The van der Waals surface area contributed by atoms with Crippen LogP contribution in [-0.4, -0.2) is 30.8 Å². The Kier molecular flexibility index (Phi) is 4.30. The van der Waals surface area contributed by atoms with Crippen LogP contribution in [0, 0.1) is 23.2 Å². The summed E-state index contributed by atoms with van der Waals surface area (Å²) in [6.07, 6.45) is 7.77. The Balaban J connectivity index is 1.17. The third-order valence-electron chi connectivity index (χ3n) is 7.14. The summed E-state index contributed by atoms with van der Waals surface area (Å²) in [5.74, 6) is 4.03. The maximum Gasteiger partial charge on any atom is 0.220 e. The van der Waals surface area contributed by atoms with Crippen molar-refractivity contribution in [1.29, 1.82) is 0 Å². The summed E-state index contributed by atoms with van der Waals surface area (Å²) in [6.45, 7) is 1.31. The summed E-state index contributed by atoms with van der Waals surface area (Å²) in [5.41, 5.74) is 0.982. The highest BCUT2D eigenvalue weighted by Gasteiger charge is 2.51. The number of nitrogens with one attached hydrogen (secondary N) is 1. The molecule has 0 radical (unpaired) electrons. The zero-order chi connectivity index (χ0) is 18.4. The molecule has 4 saturated carbocycles. The quantitative estimate of drug-likeness (QED) is 0.834. The molecule has 5 heteroatoms. The molecular weight excluding hydrogens is 342 g/mol. The Bertz CT molecular complexity index is 696. The second-order valence-electron chi connectivity index (χ2n) is 9.32. The Morgan fingerprint density at radius 2 is 1.70 bits per heavy atom. The molecule has 1 amide bonds. The van der Waals surface area contributed by atoms with E-state index in [9.17, 15) is 9.90 Å². The van der Waals surface area contributed by atoms with Gasteiger partial charge < -0.3 is 19.9 Å². The van der Waals surface area contributed by atoms with E-state index in [0.717, 1.165) is 23.3 Å². The van der Waals surface area contributed by atoms with Gasteiger partial charge in [-0.3, -0.25) is 4.79 Å². The highest BCUT2D eigenvalue weighted by Crippen LogP contribution is 2.61. The van der Waals surface area contributed by atoms with Crippen LogP contribution in [0.4, 0.5) is 0 Å². The third kappa shape index (κ3) is 3.42. The van der Waals surface area contributed by atoms with Crippen molar-refractivity contribution in [3.8, 4) is 11.5 Å². The molecule has 2 N–H and O–H groups in total. The normalized spacial score (nSPS) is 34.3. The smallest absolute Gasteiger partial charge is 0.220 e. The average Bonchev–Trinajstić information content (AvgIpc) is 2.64. The van der Waals surface area contributed by atoms with Crippen molar-refractivity contribution >= 4 is 5.91 Å². The number of aliphatic hydroxyl groups is 1. The maximum absolute atomic E-state index is 12.6. The molecule has 1 unspecified atom stereocenters. The summed E-state index contributed by atoms with van der Waals surface area (Å²) in [4.78, 5) is 12.6. The fraction of sp³-hybridized carbons (Fsp3) is 0.682. The number of benzene rings is 1. The van der Waals surface area contributed by atoms with Gasteiger partial charge in [0.05, 0.1) is 6.10 Å². The SMILES string of the molecule is O=C(CC12CC3CC(CC(C3)C1)C2)NCC(O)c1ccc2c(c1)OCCO2. The van der Waals surface area contributed by atoms with E-state index in [4.69, 9.17) is 9.47 Å². The molecule has 27 heavy (non-hydrogen) atoms. The fourth-order valence-electron chi connectivity index (χ4n) is 6.51. The first kappa shape index (κ1) is 17.4. The molecule has 1 aliphatic heterocycles. The van der Waals surface area contributed by atoms with E-state index in [2.05, 4.69) is 5.32 Å². The Morgan fingerprint density at radius 3 is 2.37 bits per heavy atom. The number of carbonyl (C=O) groups is 1. The number of rotatable bonds is 5. The lowest BCUT2D eigenvalue weighted by atomic mass is 9.49. The summed E-state index contributed by atoms with van der Waals surface area (Å²) < 4.78 is 11.1. The second kappa shape index (κ2) is 6.69. The van der Waals surface area contributed by atoms with Gasteiger partial charge >= 0.3 is 0 Å². The van der Waals surface area contributed by atoms with Gasteiger partial charge in [-0.1, -0.05) is 6.07 Å². The van der Waals surface area contributed by atoms with Crippen molar-refractivity contribution < 1.29 is 19.4 Å². The van der Waals surface area contributed by atoms with E-state index < -0.39 is 6.10 Å². The van der Waals surface area contributed by atoms with Crippen LogP contribution in [0.3, 0.4) is 0 Å². The van der Waals surface area contributed by atoms with Gasteiger partial charge in [0.15, 0.2) is 11.5 Å². The molecule has 146 valence electrons. The molecule has 1 heterocycles. The molecule has 0 saturated heterocycles. The number of aliphatic hydroxyl groups excluding tert-OH is 1. The van der Waals surface area contributed by atoms with Crippen LogP contribution in [0.5, 0.6) is 11.5 Å². The lowest BCUT2D eigenvalue weighted by Gasteiger charge is -2.56. The highest BCUT2D eigenvalue weighted by atomic mass is 16.6. The van der Waals surface area contributed by atoms with Gasteiger partial charge in [0.25, 0.3) is 0 Å². The Hall–Kier alpha value is -1.75. The minimum absolute atomic E-state index is 0.0912. The molecule has 1 aromatic rings. The first-order valence-corrected chi connectivity index (χ1v) is 10.4. The molecular formula is C22H29NO4. The summed E-state index contributed by atoms with van der Waals surface area (Å²) in [6, 6.07) is 5.47. The second-order valence-corrected chi connectivity index (χ2v) is 9.32. The predicted molar refractivity (Wildman–Crippen MR) is 101 cm³/mol. The van der Waals surface area contributed by atoms with Crippen molar-refractivity contribution in [2.24, 2.45) is 23.2 Å². The molecule has 0 spiro atoms. The average molecular weight is 371 g/mol. The molecule has 4 fully saturated rings. The van der Waals surface area contributed by atoms with Gasteiger partial charge in [-0.2, -0.15) is 0 Å². The van der Waals surface area contributed by atoms with Crippen LogP contribution in [-0.2, 0) is 4.79 Å². The molecule has 4 aliphatic carbocycles. The molecule has 4 bridgehead atoms. The Morgan fingerprint density at radius 1 is 1.07 bits per heavy atom. The number of carbonyl (C=O) groups excluding carboxylic acids is 1. The van der Waals surface area contributed by atoms with Crippen molar-refractivity contribution in [3.05, 3.63) is 23.8 Å². The minimum atomic E-state index is -0.735. The Labute approximate surface area is 160 Å². The summed E-state index contributed by atoms with van der Waals surface area (Å²) in [5, 5.41) is 13.5. The first-order valence-electron chi connectivity index (χ1n) is 10.4. The van der Waals surface area contributed by atoms with Crippen molar-refractivity contribution in [1.82, 2.24) is 5.32 Å². The molecule has 5 nitrogen and oxygen atoms in total. The van der Waals surface area contributed by atoms with Gasteiger partial charge in [-0.25, -0.2) is 0 Å². The molecule has 1 aromatic carbocycles. The van der Waals surface area contributed by atoms with Crippen LogP contribution in [0.15, 0.2) is 18.2 Å². The van der Waals surface area contributed by atoms with Gasteiger partial charge in [-0.15, -0.1) is 0 Å². The van der Waals surface area contributed by atoms with Crippen molar-refractivity contribution in [3.63, 3.8) is 0 Å². The number of amides is 1. The topological polar surface area (TPSA) is 67.8 Å². The summed E-state index contributed by atoms with van der Waals surface area (Å²) >= 11 is 0. The molecule has 6 rings (SSSR count). The van der Waals surface area contributed by atoms with E-state index >= 15 is 0 Å². The summed E-state index contributed by atoms with van der Waals surface area (Å²) in [7, 11) is 0. The highest BCUT2D eigenvalue weighted by molar-refractivity contribution is 5.76. The third-order valence-corrected chi connectivity index (χ3v) is 7.14. The van der Waals surface area contributed by atoms with Gasteiger partial charge in [0.2, 0.25) is 5.91 Å². The van der Waals surface area contributed by atoms with E-state index in [-0.39, 0.29) is 17.9 Å². The lowest BCUT2D eigenvalue weighted by molar-refractivity contribution is -0.129. The van der Waals surface area contributed by atoms with Crippen molar-refractivity contribution in [2.45, 2.75) is 51.0 Å². The van der Waals surface area contributed by atoms with E-state index in [0.29, 0.717) is 31.1 Å². The standard InChI is InChI=1S/C22H29NO4/c24-18(17-1-2-19-20(8-17)27-4-3-26-19)13-23-21(25)12-22-9-14-5-15(10-22)7-16(6-14)11-22/h1-2,8,14-16,18,24H,3-7,9-13H2,(H,23,25). The van der Waals surface area contributed by atoms with Crippen molar-refractivity contribution in [2.75, 3.05) is 19.8 Å². The van der Waals surface area contributed by atoms with Crippen LogP contribution in [0.2, 0.25) is 0 Å². The number of ether oxygens (including phenoxy) is 2. The van der Waals surface area contributed by atoms with Crippen LogP contribution < -0.4 is 14.8 Å².